The van der Waals surface area contributed by atoms with Gasteiger partial charge in [-0.15, -0.1) is 0 Å². The van der Waals surface area contributed by atoms with Gasteiger partial charge in [0.2, 0.25) is 10.0 Å². The summed E-state index contributed by atoms with van der Waals surface area (Å²) in [6.07, 6.45) is 2.96. The molecule has 0 aliphatic rings. The summed E-state index contributed by atoms with van der Waals surface area (Å²) >= 11 is 0. The van der Waals surface area contributed by atoms with Crippen molar-refractivity contribution >= 4 is 10.0 Å². The van der Waals surface area contributed by atoms with Crippen LogP contribution >= 0.6 is 0 Å². The fraction of sp³-hybridized carbons (Fsp3) is 0.583. The van der Waals surface area contributed by atoms with Gasteiger partial charge in [0, 0.05) is 25.8 Å². The van der Waals surface area contributed by atoms with Crippen LogP contribution in [-0.2, 0) is 16.6 Å². The molecular formula is C12H21N3O3S. The lowest BCUT2D eigenvalue weighted by molar-refractivity contribution is 0.252. The number of aromatic nitrogens is 1. The van der Waals surface area contributed by atoms with E-state index in [0.717, 1.165) is 12.8 Å². The second-order valence-corrected chi connectivity index (χ2v) is 6.11. The maximum absolute atomic E-state index is 12.4. The van der Waals surface area contributed by atoms with E-state index in [-0.39, 0.29) is 24.6 Å². The monoisotopic (exact) mass is 287 g/mol. The zero-order chi connectivity index (χ0) is 14.3. The maximum atomic E-state index is 12.4. The van der Waals surface area contributed by atoms with E-state index in [9.17, 15) is 8.42 Å². The summed E-state index contributed by atoms with van der Waals surface area (Å²) in [5.41, 5.74) is 6.07. The predicted molar refractivity (Wildman–Crippen MR) is 72.9 cm³/mol. The Balaban J connectivity index is 2.96. The second kappa shape index (κ2) is 7.54. The lowest BCUT2D eigenvalue weighted by atomic mass is 10.3. The third-order valence-corrected chi connectivity index (χ3v) is 4.64. The molecule has 1 aromatic rings. The summed E-state index contributed by atoms with van der Waals surface area (Å²) in [7, 11) is -3.59. The van der Waals surface area contributed by atoms with E-state index in [0.29, 0.717) is 12.2 Å². The van der Waals surface area contributed by atoms with E-state index >= 15 is 0 Å². The number of hydrogen-bond donors (Lipinski definition) is 2. The van der Waals surface area contributed by atoms with Crippen LogP contribution in [0.25, 0.3) is 0 Å². The standard InChI is InChI=1S/C12H21N3O3S/c1-2-3-6-15(7-8-16)19(17,18)12-5-4-11(9-13)14-10-12/h4-5,10,16H,2-3,6-9,13H2,1H3. The molecular weight excluding hydrogens is 266 g/mol. The summed E-state index contributed by atoms with van der Waals surface area (Å²) in [6.45, 7) is 2.56. The fourth-order valence-electron chi connectivity index (χ4n) is 1.63. The molecule has 0 aromatic carbocycles. The molecule has 0 saturated heterocycles. The summed E-state index contributed by atoms with van der Waals surface area (Å²) < 4.78 is 26.0. The molecule has 1 heterocycles. The summed E-state index contributed by atoms with van der Waals surface area (Å²) in [4.78, 5) is 4.13. The molecule has 0 fully saturated rings. The summed E-state index contributed by atoms with van der Waals surface area (Å²) in [5.74, 6) is 0. The van der Waals surface area contributed by atoms with Crippen LogP contribution in [0.5, 0.6) is 0 Å². The Morgan fingerprint density at radius 2 is 2.11 bits per heavy atom. The van der Waals surface area contributed by atoms with Crippen LogP contribution in [0, 0.1) is 0 Å². The van der Waals surface area contributed by atoms with Crippen LogP contribution in [0.4, 0.5) is 0 Å². The smallest absolute Gasteiger partial charge is 0.244 e. The molecule has 3 N–H and O–H groups in total. The minimum atomic E-state index is -3.59. The molecule has 0 radical (unpaired) electrons. The average Bonchev–Trinajstić information content (AvgIpc) is 2.43. The lowest BCUT2D eigenvalue weighted by Gasteiger charge is -2.20. The highest BCUT2D eigenvalue weighted by Gasteiger charge is 2.23. The number of rotatable bonds is 8. The quantitative estimate of drug-likeness (QED) is 0.718. The van der Waals surface area contributed by atoms with Crippen LogP contribution < -0.4 is 5.73 Å². The molecule has 0 aliphatic heterocycles. The second-order valence-electron chi connectivity index (χ2n) is 4.17. The molecule has 19 heavy (non-hydrogen) atoms. The molecule has 1 aromatic heterocycles. The number of pyridine rings is 1. The Hall–Kier alpha value is -1.02. The summed E-state index contributed by atoms with van der Waals surface area (Å²) in [6, 6.07) is 3.10. The van der Waals surface area contributed by atoms with Gasteiger partial charge < -0.3 is 10.8 Å². The molecule has 108 valence electrons. The van der Waals surface area contributed by atoms with Crippen LogP contribution in [0.3, 0.4) is 0 Å². The zero-order valence-corrected chi connectivity index (χ0v) is 11.9. The average molecular weight is 287 g/mol. The number of unbranched alkanes of at least 4 members (excludes halogenated alkanes) is 1. The molecule has 7 heteroatoms. The first-order valence-corrected chi connectivity index (χ1v) is 7.76. The highest BCUT2D eigenvalue weighted by Crippen LogP contribution is 2.15. The molecule has 0 unspecified atom stereocenters. The Morgan fingerprint density at radius 1 is 1.37 bits per heavy atom. The topological polar surface area (TPSA) is 96.5 Å². The summed E-state index contributed by atoms with van der Waals surface area (Å²) in [5, 5.41) is 8.99. The number of aliphatic hydroxyl groups excluding tert-OH is 1. The normalized spacial score (nSPS) is 12.0. The molecule has 1 rings (SSSR count). The molecule has 0 atom stereocenters. The van der Waals surface area contributed by atoms with Crippen LogP contribution in [0.2, 0.25) is 0 Å². The first-order valence-electron chi connectivity index (χ1n) is 6.32. The largest absolute Gasteiger partial charge is 0.395 e. The van der Waals surface area contributed by atoms with Gasteiger partial charge >= 0.3 is 0 Å². The molecule has 6 nitrogen and oxygen atoms in total. The van der Waals surface area contributed by atoms with Gasteiger partial charge in [-0.05, 0) is 18.6 Å². The number of sulfonamides is 1. The van der Waals surface area contributed by atoms with Crippen molar-refractivity contribution in [3.05, 3.63) is 24.0 Å². The fourth-order valence-corrected chi connectivity index (χ4v) is 3.05. The van der Waals surface area contributed by atoms with E-state index in [4.69, 9.17) is 10.8 Å². The third kappa shape index (κ3) is 4.24. The molecule has 0 spiro atoms. The van der Waals surface area contributed by atoms with Gasteiger partial charge in [0.1, 0.15) is 4.90 Å². The van der Waals surface area contributed by atoms with Crippen molar-refractivity contribution in [1.82, 2.24) is 9.29 Å². The van der Waals surface area contributed by atoms with Crippen molar-refractivity contribution in [2.75, 3.05) is 19.7 Å². The van der Waals surface area contributed by atoms with Crippen LogP contribution in [-0.4, -0.2) is 42.5 Å². The molecule has 0 bridgehead atoms. The molecule has 0 amide bonds. The minimum Gasteiger partial charge on any atom is -0.395 e. The SMILES string of the molecule is CCCCN(CCO)S(=O)(=O)c1ccc(CN)nc1. The van der Waals surface area contributed by atoms with Gasteiger partial charge in [0.05, 0.1) is 12.3 Å². The van der Waals surface area contributed by atoms with E-state index in [1.165, 1.54) is 16.6 Å². The molecule has 0 aliphatic carbocycles. The van der Waals surface area contributed by atoms with Crippen molar-refractivity contribution in [2.24, 2.45) is 5.73 Å². The van der Waals surface area contributed by atoms with Crippen molar-refractivity contribution in [2.45, 2.75) is 31.2 Å². The van der Waals surface area contributed by atoms with Gasteiger partial charge in [-0.3, -0.25) is 4.98 Å². The number of nitrogens with zero attached hydrogens (tertiary/aromatic N) is 2. The number of aliphatic hydroxyl groups is 1. The third-order valence-electron chi connectivity index (χ3n) is 2.75. The Bertz CT molecular complexity index is 473. The molecule has 0 saturated carbocycles. The lowest BCUT2D eigenvalue weighted by Crippen LogP contribution is -2.34. The van der Waals surface area contributed by atoms with Crippen molar-refractivity contribution in [3.8, 4) is 0 Å². The predicted octanol–water partition coefficient (Wildman–Crippen LogP) is 0.323. The van der Waals surface area contributed by atoms with Gasteiger partial charge in [0.25, 0.3) is 0 Å². The Labute approximate surface area is 114 Å². The first-order chi connectivity index (χ1) is 9.06. The first kappa shape index (κ1) is 16.0. The van der Waals surface area contributed by atoms with E-state index in [1.807, 2.05) is 6.92 Å². The number of nitrogens with two attached hydrogens (primary N) is 1. The van der Waals surface area contributed by atoms with Crippen LogP contribution in [0.1, 0.15) is 25.5 Å². The highest BCUT2D eigenvalue weighted by molar-refractivity contribution is 7.89. The highest BCUT2D eigenvalue weighted by atomic mass is 32.2. The Kier molecular flexibility index (Phi) is 6.36. The van der Waals surface area contributed by atoms with Crippen LogP contribution in [0.15, 0.2) is 23.2 Å². The number of hydrogen-bond acceptors (Lipinski definition) is 5. The van der Waals surface area contributed by atoms with E-state index in [1.54, 1.807) is 6.07 Å². The van der Waals surface area contributed by atoms with Crippen molar-refractivity contribution < 1.29 is 13.5 Å². The maximum Gasteiger partial charge on any atom is 0.244 e. The Morgan fingerprint density at radius 3 is 2.58 bits per heavy atom. The van der Waals surface area contributed by atoms with Gasteiger partial charge in [-0.25, -0.2) is 8.42 Å². The van der Waals surface area contributed by atoms with Crippen molar-refractivity contribution in [3.63, 3.8) is 0 Å². The zero-order valence-electron chi connectivity index (χ0n) is 11.1. The minimum absolute atomic E-state index is 0.0982. The van der Waals surface area contributed by atoms with E-state index < -0.39 is 10.0 Å². The van der Waals surface area contributed by atoms with Gasteiger partial charge in [0.15, 0.2) is 0 Å². The van der Waals surface area contributed by atoms with E-state index in [2.05, 4.69) is 4.98 Å². The van der Waals surface area contributed by atoms with Gasteiger partial charge in [-0.1, -0.05) is 13.3 Å². The van der Waals surface area contributed by atoms with Crippen molar-refractivity contribution in [1.29, 1.82) is 0 Å². The van der Waals surface area contributed by atoms with Gasteiger partial charge in [-0.2, -0.15) is 4.31 Å².